The molecule has 0 saturated heterocycles. The molecule has 0 saturated carbocycles. The summed E-state index contributed by atoms with van der Waals surface area (Å²) in [6, 6.07) is 15.9. The van der Waals surface area contributed by atoms with Gasteiger partial charge in [0.2, 0.25) is 0 Å². The molecule has 2 heterocycles. The molecule has 0 aliphatic rings. The summed E-state index contributed by atoms with van der Waals surface area (Å²) >= 11 is 0. The molecule has 0 aliphatic carbocycles. The fourth-order valence-electron chi connectivity index (χ4n) is 3.71. The van der Waals surface area contributed by atoms with Gasteiger partial charge < -0.3 is 19.3 Å². The van der Waals surface area contributed by atoms with Crippen LogP contribution in [0.2, 0.25) is 0 Å². The molecule has 128 valence electrons. The normalized spacial score (nSPS) is 11.6. The van der Waals surface area contributed by atoms with Crippen molar-refractivity contribution >= 4 is 21.8 Å². The van der Waals surface area contributed by atoms with E-state index in [-0.39, 0.29) is 11.8 Å². The summed E-state index contributed by atoms with van der Waals surface area (Å²) in [5.41, 5.74) is 3.35. The second-order valence-corrected chi connectivity index (χ2v) is 6.50. The first-order chi connectivity index (χ1) is 12.1. The van der Waals surface area contributed by atoms with Crippen LogP contribution in [0.4, 0.5) is 0 Å². The topological polar surface area (TPSA) is 50.3 Å². The first-order valence-electron chi connectivity index (χ1n) is 8.72. The molecule has 4 heteroatoms. The Kier molecular flexibility index (Phi) is 3.68. The first-order valence-corrected chi connectivity index (χ1v) is 8.72. The average molecular weight is 334 g/mol. The maximum atomic E-state index is 11.0. The fraction of sp³-hybridized carbons (Fsp3) is 0.238. The molecule has 2 aromatic carbocycles. The first kappa shape index (κ1) is 15.6. The van der Waals surface area contributed by atoms with Crippen LogP contribution in [0.25, 0.3) is 32.9 Å². The van der Waals surface area contributed by atoms with Crippen molar-refractivity contribution in [2.24, 2.45) is 7.05 Å². The van der Waals surface area contributed by atoms with Crippen molar-refractivity contribution in [3.05, 3.63) is 48.5 Å². The average Bonchev–Trinajstić information content (AvgIpc) is 3.05. The lowest BCUT2D eigenvalue weighted by molar-refractivity contribution is 0.416. The Bertz CT molecular complexity index is 1070. The highest BCUT2D eigenvalue weighted by Gasteiger charge is 2.24. The van der Waals surface area contributed by atoms with Crippen molar-refractivity contribution in [1.29, 1.82) is 0 Å². The van der Waals surface area contributed by atoms with Gasteiger partial charge in [-0.25, -0.2) is 0 Å². The maximum Gasteiger partial charge on any atom is 0.200 e. The van der Waals surface area contributed by atoms with E-state index in [0.29, 0.717) is 11.1 Å². The zero-order valence-corrected chi connectivity index (χ0v) is 14.5. The van der Waals surface area contributed by atoms with Gasteiger partial charge in [-0.1, -0.05) is 49.7 Å². The Morgan fingerprint density at radius 3 is 2.04 bits per heavy atom. The van der Waals surface area contributed by atoms with Gasteiger partial charge in [-0.2, -0.15) is 0 Å². The number of hydrogen-bond acceptors (Lipinski definition) is 2. The van der Waals surface area contributed by atoms with Crippen molar-refractivity contribution in [1.82, 2.24) is 9.13 Å². The summed E-state index contributed by atoms with van der Waals surface area (Å²) in [7, 11) is 1.84. The maximum absolute atomic E-state index is 11.0. The van der Waals surface area contributed by atoms with Crippen LogP contribution in [-0.2, 0) is 13.6 Å². The molecule has 0 amide bonds. The second-order valence-electron chi connectivity index (χ2n) is 6.50. The highest BCUT2D eigenvalue weighted by atomic mass is 16.3. The van der Waals surface area contributed by atoms with Gasteiger partial charge in [-0.15, -0.1) is 0 Å². The molecule has 0 unspecified atom stereocenters. The molecule has 25 heavy (non-hydrogen) atoms. The van der Waals surface area contributed by atoms with Crippen LogP contribution in [0.3, 0.4) is 0 Å². The molecule has 4 aromatic rings. The zero-order chi connectivity index (χ0) is 17.6. The van der Waals surface area contributed by atoms with E-state index in [0.717, 1.165) is 41.2 Å². The van der Waals surface area contributed by atoms with Crippen LogP contribution in [0, 0.1) is 0 Å². The Morgan fingerprint density at radius 1 is 0.800 bits per heavy atom. The Labute approximate surface area is 146 Å². The summed E-state index contributed by atoms with van der Waals surface area (Å²) in [6.07, 6.45) is 2.05. The van der Waals surface area contributed by atoms with Gasteiger partial charge in [-0.3, -0.25) is 0 Å². The molecular formula is C21H22N2O2. The number of aryl methyl sites for hydroxylation is 2. The van der Waals surface area contributed by atoms with E-state index in [1.165, 1.54) is 0 Å². The molecule has 0 atom stereocenters. The molecule has 0 aliphatic heterocycles. The lowest BCUT2D eigenvalue weighted by atomic mass is 10.0. The molecule has 0 radical (unpaired) electrons. The van der Waals surface area contributed by atoms with E-state index in [1.807, 2.05) is 60.1 Å². The van der Waals surface area contributed by atoms with Crippen LogP contribution in [0.15, 0.2) is 48.5 Å². The van der Waals surface area contributed by atoms with Crippen molar-refractivity contribution in [3.63, 3.8) is 0 Å². The van der Waals surface area contributed by atoms with Crippen LogP contribution in [0.5, 0.6) is 11.8 Å². The van der Waals surface area contributed by atoms with Gasteiger partial charge in [0.1, 0.15) is 0 Å². The number of para-hydroxylation sites is 2. The van der Waals surface area contributed by atoms with Gasteiger partial charge in [0.25, 0.3) is 0 Å². The highest BCUT2D eigenvalue weighted by Crippen LogP contribution is 2.47. The van der Waals surface area contributed by atoms with Gasteiger partial charge in [0.15, 0.2) is 11.8 Å². The lowest BCUT2D eigenvalue weighted by Crippen LogP contribution is -1.96. The Hall–Kier alpha value is -2.88. The monoisotopic (exact) mass is 334 g/mol. The van der Waals surface area contributed by atoms with E-state index < -0.39 is 0 Å². The summed E-state index contributed by atoms with van der Waals surface area (Å²) in [6.45, 7) is 2.90. The molecule has 4 rings (SSSR count). The van der Waals surface area contributed by atoms with E-state index >= 15 is 0 Å². The van der Waals surface area contributed by atoms with Crippen LogP contribution in [-0.4, -0.2) is 19.3 Å². The van der Waals surface area contributed by atoms with Gasteiger partial charge in [-0.05, 0) is 18.6 Å². The summed E-state index contributed by atoms with van der Waals surface area (Å²) in [5, 5.41) is 23.7. The van der Waals surface area contributed by atoms with Crippen molar-refractivity contribution in [2.75, 3.05) is 0 Å². The smallest absolute Gasteiger partial charge is 0.200 e. The lowest BCUT2D eigenvalue weighted by Gasteiger charge is -2.06. The molecule has 0 fully saturated rings. The molecular weight excluding hydrogens is 312 g/mol. The van der Waals surface area contributed by atoms with Crippen LogP contribution in [0.1, 0.15) is 19.8 Å². The predicted molar refractivity (Wildman–Crippen MR) is 102 cm³/mol. The molecule has 0 bridgehead atoms. The van der Waals surface area contributed by atoms with E-state index in [9.17, 15) is 10.2 Å². The molecule has 2 N–H and O–H groups in total. The number of benzene rings is 2. The highest BCUT2D eigenvalue weighted by molar-refractivity contribution is 6.09. The van der Waals surface area contributed by atoms with Crippen LogP contribution >= 0.6 is 0 Å². The van der Waals surface area contributed by atoms with E-state index in [1.54, 1.807) is 4.57 Å². The molecule has 4 nitrogen and oxygen atoms in total. The van der Waals surface area contributed by atoms with Crippen molar-refractivity contribution < 1.29 is 10.2 Å². The quantitative estimate of drug-likeness (QED) is 0.551. The van der Waals surface area contributed by atoms with Crippen molar-refractivity contribution in [2.45, 2.75) is 26.3 Å². The van der Waals surface area contributed by atoms with Crippen LogP contribution < -0.4 is 0 Å². The standard InChI is InChI=1S/C21H22N2O2/c1-3-4-13-23-17-12-8-6-10-15(17)19(21(23)25)18-14-9-5-7-11-16(14)22(2)20(18)24/h5-12,24-25H,3-4,13H2,1-2H3. The van der Waals surface area contributed by atoms with E-state index in [2.05, 4.69) is 6.92 Å². The third-order valence-corrected chi connectivity index (χ3v) is 5.00. The minimum atomic E-state index is 0.176. The number of fused-ring (bicyclic) bond motifs is 2. The van der Waals surface area contributed by atoms with Crippen molar-refractivity contribution in [3.8, 4) is 22.9 Å². The minimum Gasteiger partial charge on any atom is -0.494 e. The summed E-state index contributed by atoms with van der Waals surface area (Å²) in [5.74, 6) is 0.399. The largest absolute Gasteiger partial charge is 0.494 e. The SMILES string of the molecule is CCCCn1c(O)c(-c2c(O)n(C)c3ccccc23)c2ccccc21. The number of hydrogen-bond donors (Lipinski definition) is 2. The third-order valence-electron chi connectivity index (χ3n) is 5.00. The summed E-state index contributed by atoms with van der Waals surface area (Å²) < 4.78 is 3.72. The Balaban J connectivity index is 2.09. The minimum absolute atomic E-state index is 0.176. The molecule has 2 aromatic heterocycles. The zero-order valence-electron chi connectivity index (χ0n) is 14.5. The number of unbranched alkanes of at least 4 members (excludes halogenated alkanes) is 1. The summed E-state index contributed by atoms with van der Waals surface area (Å²) in [4.78, 5) is 0. The molecule has 0 spiro atoms. The predicted octanol–water partition coefficient (Wildman–Crippen LogP) is 5.01. The number of rotatable bonds is 4. The Morgan fingerprint density at radius 2 is 1.36 bits per heavy atom. The number of aromatic nitrogens is 2. The fourth-order valence-corrected chi connectivity index (χ4v) is 3.71. The third kappa shape index (κ3) is 2.21. The van der Waals surface area contributed by atoms with E-state index in [4.69, 9.17) is 0 Å². The second kappa shape index (κ2) is 5.88. The van der Waals surface area contributed by atoms with Gasteiger partial charge >= 0.3 is 0 Å². The van der Waals surface area contributed by atoms with Gasteiger partial charge in [0.05, 0.1) is 22.2 Å². The van der Waals surface area contributed by atoms with Gasteiger partial charge in [0, 0.05) is 24.4 Å². The number of nitrogens with zero attached hydrogens (tertiary/aromatic N) is 2. The number of aromatic hydroxyl groups is 2.